The first-order valence-electron chi connectivity index (χ1n) is 10.8. The van der Waals surface area contributed by atoms with Gasteiger partial charge in [-0.25, -0.2) is 0 Å². The minimum absolute atomic E-state index is 0.00631. The molecule has 0 bridgehead atoms. The normalized spacial score (nSPS) is 19.1. The van der Waals surface area contributed by atoms with Gasteiger partial charge in [0.15, 0.2) is 0 Å². The number of nitrogens with zero attached hydrogens (tertiary/aromatic N) is 3. The number of benzene rings is 2. The van der Waals surface area contributed by atoms with Gasteiger partial charge in [-0.1, -0.05) is 35.9 Å². The van der Waals surface area contributed by atoms with E-state index in [1.54, 1.807) is 11.8 Å². The number of nitrogens with one attached hydrogen (secondary N) is 1. The third-order valence-electron chi connectivity index (χ3n) is 6.27. The summed E-state index contributed by atoms with van der Waals surface area (Å²) in [6.45, 7) is 5.95. The predicted molar refractivity (Wildman–Crippen MR) is 125 cm³/mol. The molecule has 7 heteroatoms. The molecular weight excluding hydrogens is 412 g/mol. The molecule has 1 saturated heterocycles. The largest absolute Gasteiger partial charge is 0.367 e. The molecule has 1 atom stereocenters. The quantitative estimate of drug-likeness (QED) is 0.789. The maximum atomic E-state index is 13.1. The van der Waals surface area contributed by atoms with Crippen LogP contribution in [0.2, 0.25) is 5.02 Å². The fraction of sp³-hybridized carbons (Fsp3) is 0.417. The monoisotopic (exact) mass is 440 g/mol. The average Bonchev–Trinajstić information content (AvgIpc) is 2.74. The van der Waals surface area contributed by atoms with Crippen LogP contribution in [0.15, 0.2) is 42.5 Å². The number of fused-ring (bicyclic) bond motifs is 1. The zero-order valence-electron chi connectivity index (χ0n) is 18.1. The van der Waals surface area contributed by atoms with E-state index in [0.717, 1.165) is 49.5 Å². The number of carbonyl (C=O) groups excluding carboxylic acids is 2. The molecule has 4 rings (SSSR count). The van der Waals surface area contributed by atoms with Crippen LogP contribution >= 0.6 is 11.6 Å². The van der Waals surface area contributed by atoms with E-state index in [4.69, 9.17) is 11.6 Å². The number of likely N-dealkylation sites (N-methyl/N-ethyl adjacent to an activating group) is 1. The van der Waals surface area contributed by atoms with Crippen LogP contribution in [0.25, 0.3) is 0 Å². The Hall–Kier alpha value is -2.57. The van der Waals surface area contributed by atoms with Gasteiger partial charge in [-0.05, 0) is 42.8 Å². The lowest BCUT2D eigenvalue weighted by Gasteiger charge is -2.37. The highest BCUT2D eigenvalue weighted by molar-refractivity contribution is 6.31. The van der Waals surface area contributed by atoms with E-state index in [2.05, 4.69) is 28.2 Å². The number of amides is 2. The zero-order valence-corrected chi connectivity index (χ0v) is 18.9. The molecule has 0 aliphatic carbocycles. The molecular formula is C24H29ClN4O2. The van der Waals surface area contributed by atoms with E-state index in [-0.39, 0.29) is 24.3 Å². The smallest absolute Gasteiger partial charge is 0.226 e. The van der Waals surface area contributed by atoms with Crippen molar-refractivity contribution in [2.45, 2.75) is 25.8 Å². The van der Waals surface area contributed by atoms with Crippen LogP contribution in [-0.2, 0) is 16.0 Å². The molecule has 0 saturated carbocycles. The van der Waals surface area contributed by atoms with E-state index in [9.17, 15) is 9.59 Å². The predicted octanol–water partition coefficient (Wildman–Crippen LogP) is 3.57. The summed E-state index contributed by atoms with van der Waals surface area (Å²) in [6, 6.07) is 13.5. The highest BCUT2D eigenvalue weighted by atomic mass is 35.5. The van der Waals surface area contributed by atoms with Gasteiger partial charge < -0.3 is 20.0 Å². The molecule has 2 aromatic carbocycles. The van der Waals surface area contributed by atoms with Crippen molar-refractivity contribution in [1.82, 2.24) is 9.80 Å². The average molecular weight is 441 g/mol. The van der Waals surface area contributed by atoms with Gasteiger partial charge in [0.2, 0.25) is 11.8 Å². The van der Waals surface area contributed by atoms with Crippen molar-refractivity contribution in [1.29, 1.82) is 0 Å². The van der Waals surface area contributed by atoms with Gasteiger partial charge >= 0.3 is 0 Å². The van der Waals surface area contributed by atoms with Gasteiger partial charge in [-0.2, -0.15) is 0 Å². The molecule has 31 heavy (non-hydrogen) atoms. The summed E-state index contributed by atoms with van der Waals surface area (Å²) in [5.41, 5.74) is 3.97. The van der Waals surface area contributed by atoms with Crippen molar-refractivity contribution in [2.24, 2.45) is 0 Å². The van der Waals surface area contributed by atoms with Crippen molar-refractivity contribution in [3.63, 3.8) is 0 Å². The Morgan fingerprint density at radius 2 is 1.81 bits per heavy atom. The van der Waals surface area contributed by atoms with E-state index in [1.165, 1.54) is 5.56 Å². The summed E-state index contributed by atoms with van der Waals surface area (Å²) >= 11 is 6.25. The number of carbonyl (C=O) groups is 2. The first kappa shape index (κ1) is 21.7. The topological polar surface area (TPSA) is 55.9 Å². The van der Waals surface area contributed by atoms with E-state index < -0.39 is 0 Å². The first-order valence-corrected chi connectivity index (χ1v) is 11.2. The fourth-order valence-electron chi connectivity index (χ4n) is 4.56. The zero-order chi connectivity index (χ0) is 22.0. The molecule has 0 radical (unpaired) electrons. The summed E-state index contributed by atoms with van der Waals surface area (Å²) in [6.07, 6.45) is 1.03. The summed E-state index contributed by atoms with van der Waals surface area (Å²) < 4.78 is 0. The second kappa shape index (κ2) is 9.28. The van der Waals surface area contributed by atoms with Crippen molar-refractivity contribution >= 4 is 34.8 Å². The van der Waals surface area contributed by atoms with Gasteiger partial charge in [-0.15, -0.1) is 0 Å². The van der Waals surface area contributed by atoms with Crippen LogP contribution in [-0.4, -0.2) is 61.4 Å². The molecule has 1 N–H and O–H groups in total. The number of piperazine rings is 1. The molecule has 2 aliphatic heterocycles. The molecule has 2 aliphatic rings. The van der Waals surface area contributed by atoms with Gasteiger partial charge in [-0.3, -0.25) is 9.59 Å². The lowest BCUT2D eigenvalue weighted by Crippen LogP contribution is -2.44. The second-order valence-corrected chi connectivity index (χ2v) is 8.82. The molecule has 2 aromatic rings. The van der Waals surface area contributed by atoms with Crippen LogP contribution < -0.4 is 10.2 Å². The molecule has 0 aromatic heterocycles. The third-order valence-corrected chi connectivity index (χ3v) is 6.51. The number of hydrogen-bond acceptors (Lipinski definition) is 4. The second-order valence-electron chi connectivity index (χ2n) is 8.38. The standard InChI is InChI=1S/C24H29ClN4O2/c1-17(30)29-10-9-18-5-3-4-6-20(18)23(29)16-24(31)26-21-15-19(25)7-8-22(21)28-13-11-27(2)12-14-28/h3-8,15,23H,9-14,16H2,1-2H3,(H,26,31). The SMILES string of the molecule is CC(=O)N1CCc2ccccc2C1CC(=O)Nc1cc(Cl)ccc1N1CCN(C)CC1. The molecule has 1 unspecified atom stereocenters. The maximum absolute atomic E-state index is 13.1. The number of rotatable bonds is 4. The van der Waals surface area contributed by atoms with Gasteiger partial charge in [0.25, 0.3) is 0 Å². The van der Waals surface area contributed by atoms with Crippen LogP contribution in [0.3, 0.4) is 0 Å². The van der Waals surface area contributed by atoms with Gasteiger partial charge in [0, 0.05) is 44.7 Å². The summed E-state index contributed by atoms with van der Waals surface area (Å²) in [4.78, 5) is 31.8. The van der Waals surface area contributed by atoms with Crippen LogP contribution in [0.5, 0.6) is 0 Å². The third kappa shape index (κ3) is 4.86. The van der Waals surface area contributed by atoms with Crippen molar-refractivity contribution < 1.29 is 9.59 Å². The highest BCUT2D eigenvalue weighted by Gasteiger charge is 2.31. The van der Waals surface area contributed by atoms with Crippen LogP contribution in [0.1, 0.15) is 30.5 Å². The first-order chi connectivity index (χ1) is 14.9. The van der Waals surface area contributed by atoms with Crippen molar-refractivity contribution in [3.8, 4) is 0 Å². The Morgan fingerprint density at radius 3 is 2.55 bits per heavy atom. The molecule has 0 spiro atoms. The lowest BCUT2D eigenvalue weighted by molar-refractivity contribution is -0.132. The number of halogens is 1. The van der Waals surface area contributed by atoms with E-state index >= 15 is 0 Å². The van der Waals surface area contributed by atoms with Crippen LogP contribution in [0.4, 0.5) is 11.4 Å². The minimum Gasteiger partial charge on any atom is -0.367 e. The highest BCUT2D eigenvalue weighted by Crippen LogP contribution is 2.34. The van der Waals surface area contributed by atoms with E-state index in [0.29, 0.717) is 11.6 Å². The Balaban J connectivity index is 1.55. The van der Waals surface area contributed by atoms with Crippen molar-refractivity contribution in [3.05, 3.63) is 58.6 Å². The van der Waals surface area contributed by atoms with Crippen LogP contribution in [0, 0.1) is 0 Å². The molecule has 2 heterocycles. The fourth-order valence-corrected chi connectivity index (χ4v) is 4.73. The summed E-state index contributed by atoms with van der Waals surface area (Å²) in [7, 11) is 2.12. The summed E-state index contributed by atoms with van der Waals surface area (Å²) in [5.74, 6) is -0.126. The van der Waals surface area contributed by atoms with Crippen molar-refractivity contribution in [2.75, 3.05) is 50.0 Å². The maximum Gasteiger partial charge on any atom is 0.226 e. The Labute approximate surface area is 188 Å². The summed E-state index contributed by atoms with van der Waals surface area (Å²) in [5, 5.41) is 3.67. The lowest BCUT2D eigenvalue weighted by atomic mass is 9.90. The van der Waals surface area contributed by atoms with Gasteiger partial charge in [0.1, 0.15) is 0 Å². The molecule has 2 amide bonds. The molecule has 164 valence electrons. The Kier molecular flexibility index (Phi) is 6.49. The Bertz CT molecular complexity index is 972. The number of hydrogen-bond donors (Lipinski definition) is 1. The Morgan fingerprint density at radius 1 is 1.06 bits per heavy atom. The number of anilines is 2. The van der Waals surface area contributed by atoms with Gasteiger partial charge in [0.05, 0.1) is 23.8 Å². The minimum atomic E-state index is -0.256. The van der Waals surface area contributed by atoms with E-state index in [1.807, 2.05) is 36.4 Å². The molecule has 6 nitrogen and oxygen atoms in total. The molecule has 1 fully saturated rings.